The van der Waals surface area contributed by atoms with Crippen molar-refractivity contribution in [3.05, 3.63) is 57.1 Å². The summed E-state index contributed by atoms with van der Waals surface area (Å²) in [5.41, 5.74) is 0.169. The van der Waals surface area contributed by atoms with E-state index < -0.39 is 34.3 Å². The zero-order chi connectivity index (χ0) is 22.3. The predicted octanol–water partition coefficient (Wildman–Crippen LogP) is 2.62. The van der Waals surface area contributed by atoms with E-state index in [2.05, 4.69) is 4.98 Å². The molecule has 9 nitrogen and oxygen atoms in total. The van der Waals surface area contributed by atoms with E-state index in [1.54, 1.807) is 12.1 Å². The summed E-state index contributed by atoms with van der Waals surface area (Å²) in [6.45, 7) is -0.208. The molecule has 0 spiro atoms. The van der Waals surface area contributed by atoms with Crippen molar-refractivity contribution in [1.29, 1.82) is 0 Å². The number of benzene rings is 1. The number of carboxylic acids is 1. The van der Waals surface area contributed by atoms with E-state index in [9.17, 15) is 23.1 Å². The Balaban J connectivity index is 1.74. The van der Waals surface area contributed by atoms with Crippen LogP contribution in [0.4, 0.5) is 0 Å². The Kier molecular flexibility index (Phi) is 5.82. The van der Waals surface area contributed by atoms with E-state index in [0.717, 1.165) is 4.57 Å². The first kappa shape index (κ1) is 21.8. The summed E-state index contributed by atoms with van der Waals surface area (Å²) >= 11 is 12.0. The number of fused-ring (bicyclic) bond motifs is 1. The molecule has 4 rings (SSSR count). The lowest BCUT2D eigenvalue weighted by Gasteiger charge is -2.32. The number of carbonyl (C=O) groups is 1. The minimum atomic E-state index is -3.92. The van der Waals surface area contributed by atoms with E-state index in [-0.39, 0.29) is 23.0 Å². The van der Waals surface area contributed by atoms with E-state index in [1.165, 1.54) is 33.3 Å². The van der Waals surface area contributed by atoms with Crippen LogP contribution in [0.15, 0.2) is 46.2 Å². The van der Waals surface area contributed by atoms with Gasteiger partial charge in [0.15, 0.2) is 5.65 Å². The topological polar surface area (TPSA) is 114 Å². The lowest BCUT2D eigenvalue weighted by Crippen LogP contribution is -2.43. The van der Waals surface area contributed by atoms with Gasteiger partial charge in [-0.3, -0.25) is 13.9 Å². The van der Waals surface area contributed by atoms with Crippen molar-refractivity contribution in [3.8, 4) is 0 Å². The number of hydrogen-bond acceptors (Lipinski definition) is 5. The van der Waals surface area contributed by atoms with Crippen molar-refractivity contribution in [3.63, 3.8) is 0 Å². The molecule has 2 aromatic heterocycles. The summed E-state index contributed by atoms with van der Waals surface area (Å²) in [6, 6.07) is 6.91. The zero-order valence-electron chi connectivity index (χ0n) is 16.1. The van der Waals surface area contributed by atoms with Crippen molar-refractivity contribution in [2.75, 3.05) is 13.1 Å². The molecule has 0 bridgehead atoms. The molecule has 0 saturated carbocycles. The molecule has 0 radical (unpaired) electrons. The van der Waals surface area contributed by atoms with Gasteiger partial charge in [-0.2, -0.15) is 4.31 Å². The van der Waals surface area contributed by atoms with Crippen molar-refractivity contribution < 1.29 is 18.3 Å². The first-order valence-electron chi connectivity index (χ1n) is 9.43. The minimum Gasteiger partial charge on any atom is -0.480 e. The molecule has 0 unspecified atom stereocenters. The molecule has 164 valence electrons. The monoisotopic (exact) mass is 484 g/mol. The second kappa shape index (κ2) is 8.27. The van der Waals surface area contributed by atoms with Gasteiger partial charge in [0.2, 0.25) is 10.0 Å². The van der Waals surface area contributed by atoms with Gasteiger partial charge in [-0.1, -0.05) is 23.2 Å². The first-order chi connectivity index (χ1) is 14.7. The Labute approximate surface area is 187 Å². The highest BCUT2D eigenvalue weighted by Gasteiger charge is 2.34. The Morgan fingerprint density at radius 1 is 1.26 bits per heavy atom. The van der Waals surface area contributed by atoms with E-state index in [0.29, 0.717) is 29.0 Å². The van der Waals surface area contributed by atoms with Crippen molar-refractivity contribution >= 4 is 50.4 Å². The second-order valence-corrected chi connectivity index (χ2v) is 9.96. The van der Waals surface area contributed by atoms with Gasteiger partial charge in [0, 0.05) is 24.3 Å². The molecule has 1 aliphatic rings. The average molecular weight is 485 g/mol. The summed E-state index contributed by atoms with van der Waals surface area (Å²) in [5, 5.41) is 9.54. The predicted molar refractivity (Wildman–Crippen MR) is 115 cm³/mol. The number of aliphatic carboxylic acids is 1. The summed E-state index contributed by atoms with van der Waals surface area (Å²) < 4.78 is 30.2. The van der Waals surface area contributed by atoms with Gasteiger partial charge in [0.05, 0.1) is 16.6 Å². The molecule has 0 aliphatic carbocycles. The van der Waals surface area contributed by atoms with Gasteiger partial charge in [-0.05, 0) is 43.2 Å². The van der Waals surface area contributed by atoms with E-state index >= 15 is 0 Å². The van der Waals surface area contributed by atoms with Crippen LogP contribution in [0.25, 0.3) is 11.2 Å². The third kappa shape index (κ3) is 3.96. The molecule has 31 heavy (non-hydrogen) atoms. The lowest BCUT2D eigenvalue weighted by atomic mass is 10.1. The fourth-order valence-corrected chi connectivity index (χ4v) is 6.16. The van der Waals surface area contributed by atoms with Crippen LogP contribution in [0.3, 0.4) is 0 Å². The summed E-state index contributed by atoms with van der Waals surface area (Å²) in [6.07, 6.45) is 2.57. The van der Waals surface area contributed by atoms with Gasteiger partial charge in [0.25, 0.3) is 0 Å². The van der Waals surface area contributed by atoms with Crippen LogP contribution < -0.4 is 5.69 Å². The highest BCUT2D eigenvalue weighted by Crippen LogP contribution is 2.32. The highest BCUT2D eigenvalue weighted by molar-refractivity contribution is 7.89. The third-order valence-corrected chi connectivity index (χ3v) is 7.83. The van der Waals surface area contributed by atoms with Gasteiger partial charge >= 0.3 is 11.7 Å². The molecular weight excluding hydrogens is 467 g/mol. The maximum atomic E-state index is 13.2. The molecule has 1 atom stereocenters. The van der Waals surface area contributed by atoms with Gasteiger partial charge in [0.1, 0.15) is 11.4 Å². The Hall–Kier alpha value is -2.40. The Bertz CT molecular complexity index is 1330. The smallest absolute Gasteiger partial charge is 0.331 e. The number of sulfonamides is 1. The van der Waals surface area contributed by atoms with Crippen molar-refractivity contribution in [2.24, 2.45) is 0 Å². The lowest BCUT2D eigenvalue weighted by molar-refractivity contribution is -0.137. The Morgan fingerprint density at radius 2 is 2.03 bits per heavy atom. The number of rotatable bonds is 5. The molecule has 0 amide bonds. The van der Waals surface area contributed by atoms with Crippen LogP contribution in [0.1, 0.15) is 18.9 Å². The van der Waals surface area contributed by atoms with Gasteiger partial charge in [-0.15, -0.1) is 0 Å². The summed E-state index contributed by atoms with van der Waals surface area (Å²) in [7, 11) is -3.92. The number of halogens is 2. The largest absolute Gasteiger partial charge is 0.480 e. The van der Waals surface area contributed by atoms with Crippen LogP contribution in [0, 0.1) is 0 Å². The average Bonchev–Trinajstić information content (AvgIpc) is 2.99. The SMILES string of the molecule is O=C(O)Cn1c(=O)n([C@@H]2CCCN(S(=O)(=O)c3ccc(Cl)cc3Cl)C2)c2ncccc21. The Morgan fingerprint density at radius 3 is 2.74 bits per heavy atom. The summed E-state index contributed by atoms with van der Waals surface area (Å²) in [5.74, 6) is -1.16. The number of imidazole rings is 1. The van der Waals surface area contributed by atoms with Gasteiger partial charge in [-0.25, -0.2) is 18.2 Å². The van der Waals surface area contributed by atoms with Crippen LogP contribution in [0.2, 0.25) is 10.0 Å². The fraction of sp³-hybridized carbons (Fsp3) is 0.316. The molecule has 3 aromatic rings. The molecular formula is C19H18Cl2N4O5S. The second-order valence-electron chi connectivity index (χ2n) is 7.21. The number of pyridine rings is 1. The molecule has 1 aliphatic heterocycles. The van der Waals surface area contributed by atoms with Crippen LogP contribution >= 0.6 is 23.2 Å². The molecule has 3 heterocycles. The van der Waals surface area contributed by atoms with Gasteiger partial charge < -0.3 is 5.11 Å². The van der Waals surface area contributed by atoms with Crippen LogP contribution in [0.5, 0.6) is 0 Å². The maximum Gasteiger partial charge on any atom is 0.331 e. The third-order valence-electron chi connectivity index (χ3n) is 5.25. The summed E-state index contributed by atoms with van der Waals surface area (Å²) in [4.78, 5) is 28.5. The maximum absolute atomic E-state index is 13.2. The number of piperidine rings is 1. The number of aromatic nitrogens is 3. The molecule has 1 aromatic carbocycles. The molecule has 12 heteroatoms. The quantitative estimate of drug-likeness (QED) is 0.594. The molecule has 1 N–H and O–H groups in total. The first-order valence-corrected chi connectivity index (χ1v) is 11.6. The normalized spacial score (nSPS) is 17.8. The van der Waals surface area contributed by atoms with Crippen molar-refractivity contribution in [1.82, 2.24) is 18.4 Å². The standard InChI is InChI=1S/C19H18Cl2N4O5S/c20-12-5-6-16(14(21)9-12)31(29,30)23-8-2-3-13(10-23)25-18-15(4-1-7-22-18)24(19(25)28)11-17(26)27/h1,4-7,9,13H,2-3,8,10-11H2,(H,26,27)/t13-/m1/s1. The minimum absolute atomic E-state index is 0.0199. The van der Waals surface area contributed by atoms with E-state index in [4.69, 9.17) is 23.2 Å². The number of nitrogens with zero attached hydrogens (tertiary/aromatic N) is 4. The van der Waals surface area contributed by atoms with Crippen LogP contribution in [-0.2, 0) is 21.4 Å². The van der Waals surface area contributed by atoms with E-state index in [1.807, 2.05) is 0 Å². The number of hydrogen-bond donors (Lipinski definition) is 1. The van der Waals surface area contributed by atoms with Crippen LogP contribution in [-0.4, -0.2) is 51.0 Å². The zero-order valence-corrected chi connectivity index (χ0v) is 18.4. The fourth-order valence-electron chi connectivity index (χ4n) is 3.90. The molecule has 1 fully saturated rings. The number of carboxylic acid groups (broad SMARTS) is 1. The molecule has 1 saturated heterocycles. The van der Waals surface area contributed by atoms with Crippen molar-refractivity contribution in [2.45, 2.75) is 30.3 Å². The highest BCUT2D eigenvalue weighted by atomic mass is 35.5.